The van der Waals surface area contributed by atoms with Gasteiger partial charge in [-0.2, -0.15) is 0 Å². The number of likely N-dealkylation sites (N-methyl/N-ethyl adjacent to an activating group) is 1. The van der Waals surface area contributed by atoms with Gasteiger partial charge in [0.2, 0.25) is 5.91 Å². The van der Waals surface area contributed by atoms with Crippen LogP contribution in [-0.2, 0) is 11.2 Å². The van der Waals surface area contributed by atoms with Crippen molar-refractivity contribution in [2.75, 3.05) is 13.6 Å². The highest BCUT2D eigenvalue weighted by Gasteiger charge is 2.53. The van der Waals surface area contributed by atoms with Crippen molar-refractivity contribution in [3.63, 3.8) is 0 Å². The molecular formula is C24H33N3O2. The number of rotatable bonds is 3. The lowest BCUT2D eigenvalue weighted by Crippen LogP contribution is -2.55. The normalized spacial score (nSPS) is 28.1. The molecule has 5 heteroatoms. The van der Waals surface area contributed by atoms with Gasteiger partial charge < -0.3 is 9.42 Å². The maximum Gasteiger partial charge on any atom is 0.228 e. The van der Waals surface area contributed by atoms with E-state index in [1.54, 1.807) is 0 Å². The molecule has 1 amide bonds. The summed E-state index contributed by atoms with van der Waals surface area (Å²) in [6.45, 7) is 7.28. The van der Waals surface area contributed by atoms with E-state index in [2.05, 4.69) is 53.2 Å². The maximum absolute atomic E-state index is 13.7. The second-order valence-electron chi connectivity index (χ2n) is 9.05. The molecule has 0 bridgehead atoms. The third kappa shape index (κ3) is 3.61. The summed E-state index contributed by atoms with van der Waals surface area (Å²) >= 11 is 0. The van der Waals surface area contributed by atoms with Crippen molar-refractivity contribution < 1.29 is 9.32 Å². The fourth-order valence-electron chi connectivity index (χ4n) is 5.42. The Balaban J connectivity index is 1.72. The Labute approximate surface area is 174 Å². The lowest BCUT2D eigenvalue weighted by atomic mass is 9.84. The average Bonchev–Trinajstić information content (AvgIpc) is 3.19. The largest absolute Gasteiger partial charge is 0.361 e. The third-order valence-electron chi connectivity index (χ3n) is 7.32. The highest BCUT2D eigenvalue weighted by atomic mass is 16.5. The van der Waals surface area contributed by atoms with Gasteiger partial charge in [-0.3, -0.25) is 9.69 Å². The summed E-state index contributed by atoms with van der Waals surface area (Å²) in [5.41, 5.74) is 2.99. The average molecular weight is 396 g/mol. The molecule has 0 saturated carbocycles. The molecule has 1 aromatic carbocycles. The molecule has 2 saturated heterocycles. The quantitative estimate of drug-likeness (QED) is 0.771. The van der Waals surface area contributed by atoms with E-state index < -0.39 is 0 Å². The molecule has 156 valence electrons. The zero-order valence-corrected chi connectivity index (χ0v) is 18.1. The minimum absolute atomic E-state index is 0.00464. The first kappa shape index (κ1) is 20.1. The number of amides is 1. The van der Waals surface area contributed by atoms with Gasteiger partial charge in [-0.05, 0) is 59.2 Å². The Bertz CT molecular complexity index is 843. The SMILES string of the molecule is Cc1noc(C)c1CC(=O)N1[C@H]2CCCCCN(C)[C@@]2(C)C[C@H]1c1ccccc1. The molecule has 4 rings (SSSR count). The summed E-state index contributed by atoms with van der Waals surface area (Å²) in [5, 5.41) is 4.05. The standard InChI is InChI=1S/C24H33N3O2/c1-17-20(18(2)29-25-17)15-23(28)27-21(19-11-7-5-8-12-19)16-24(3)22(27)13-9-6-10-14-26(24)4/h5,7-8,11-12,21-22H,6,9-10,13-16H2,1-4H3/t21-,22-,24-/m0/s1. The fourth-order valence-corrected chi connectivity index (χ4v) is 5.42. The van der Waals surface area contributed by atoms with E-state index in [-0.39, 0.29) is 23.5 Å². The van der Waals surface area contributed by atoms with Crippen molar-refractivity contribution in [1.29, 1.82) is 0 Å². The Kier molecular flexibility index (Phi) is 5.52. The van der Waals surface area contributed by atoms with E-state index in [1.807, 2.05) is 19.9 Å². The number of aryl methyl sites for hydroxylation is 2. The first-order valence-electron chi connectivity index (χ1n) is 10.9. The van der Waals surface area contributed by atoms with Crippen LogP contribution in [0.3, 0.4) is 0 Å². The molecule has 2 fully saturated rings. The smallest absolute Gasteiger partial charge is 0.228 e. The van der Waals surface area contributed by atoms with Gasteiger partial charge in [0.15, 0.2) is 0 Å². The van der Waals surface area contributed by atoms with Crippen LogP contribution in [0.2, 0.25) is 0 Å². The van der Waals surface area contributed by atoms with E-state index in [0.717, 1.165) is 36.4 Å². The number of benzene rings is 1. The zero-order valence-electron chi connectivity index (χ0n) is 18.1. The van der Waals surface area contributed by atoms with E-state index in [4.69, 9.17) is 4.52 Å². The summed E-state index contributed by atoms with van der Waals surface area (Å²) in [5.74, 6) is 0.944. The molecule has 0 N–H and O–H groups in total. The van der Waals surface area contributed by atoms with Gasteiger partial charge in [-0.1, -0.05) is 48.3 Å². The van der Waals surface area contributed by atoms with Crippen LogP contribution in [0.4, 0.5) is 0 Å². The molecule has 5 nitrogen and oxygen atoms in total. The minimum Gasteiger partial charge on any atom is -0.361 e. The number of hydrogen-bond acceptors (Lipinski definition) is 4. The van der Waals surface area contributed by atoms with Gasteiger partial charge in [0.05, 0.1) is 24.2 Å². The summed E-state index contributed by atoms with van der Waals surface area (Å²) in [4.78, 5) is 18.5. The number of aromatic nitrogens is 1. The Morgan fingerprint density at radius 3 is 2.66 bits per heavy atom. The van der Waals surface area contributed by atoms with Crippen LogP contribution < -0.4 is 0 Å². The number of carbonyl (C=O) groups excluding carboxylic acids is 1. The van der Waals surface area contributed by atoms with Gasteiger partial charge in [0.1, 0.15) is 5.76 Å². The molecule has 2 aliphatic rings. The van der Waals surface area contributed by atoms with Crippen molar-refractivity contribution in [3.05, 3.63) is 52.9 Å². The van der Waals surface area contributed by atoms with Gasteiger partial charge in [-0.15, -0.1) is 0 Å². The number of fused-ring (bicyclic) bond motifs is 1. The van der Waals surface area contributed by atoms with Crippen LogP contribution >= 0.6 is 0 Å². The number of hydrogen-bond donors (Lipinski definition) is 0. The Hall–Kier alpha value is -2.14. The highest BCUT2D eigenvalue weighted by Crippen LogP contribution is 2.48. The highest BCUT2D eigenvalue weighted by molar-refractivity contribution is 5.80. The van der Waals surface area contributed by atoms with E-state index in [1.165, 1.54) is 24.8 Å². The first-order chi connectivity index (χ1) is 13.9. The van der Waals surface area contributed by atoms with Crippen LogP contribution in [-0.4, -0.2) is 46.0 Å². The number of nitrogens with zero attached hydrogens (tertiary/aromatic N) is 3. The molecule has 0 aliphatic carbocycles. The van der Waals surface area contributed by atoms with Gasteiger partial charge >= 0.3 is 0 Å². The van der Waals surface area contributed by atoms with Crippen molar-refractivity contribution in [2.24, 2.45) is 0 Å². The summed E-state index contributed by atoms with van der Waals surface area (Å²) in [6, 6.07) is 10.9. The molecule has 0 spiro atoms. The molecule has 2 aromatic rings. The van der Waals surface area contributed by atoms with Crippen LogP contribution in [0.1, 0.15) is 67.7 Å². The van der Waals surface area contributed by atoms with Crippen molar-refractivity contribution in [2.45, 2.75) is 76.9 Å². The Morgan fingerprint density at radius 2 is 1.97 bits per heavy atom. The molecule has 0 radical (unpaired) electrons. The summed E-state index contributed by atoms with van der Waals surface area (Å²) in [7, 11) is 2.24. The molecule has 3 heterocycles. The maximum atomic E-state index is 13.7. The van der Waals surface area contributed by atoms with E-state index >= 15 is 0 Å². The van der Waals surface area contributed by atoms with E-state index in [9.17, 15) is 4.79 Å². The van der Waals surface area contributed by atoms with Gasteiger partial charge in [0, 0.05) is 11.1 Å². The molecule has 3 atom stereocenters. The molecule has 2 aliphatic heterocycles. The lowest BCUT2D eigenvalue weighted by Gasteiger charge is -2.43. The van der Waals surface area contributed by atoms with Crippen LogP contribution in [0.15, 0.2) is 34.9 Å². The fraction of sp³-hybridized carbons (Fsp3) is 0.583. The van der Waals surface area contributed by atoms with Crippen LogP contribution in [0.25, 0.3) is 0 Å². The monoisotopic (exact) mass is 395 g/mol. The number of carbonyl (C=O) groups is 1. The summed E-state index contributed by atoms with van der Waals surface area (Å²) < 4.78 is 5.32. The second-order valence-corrected chi connectivity index (χ2v) is 9.05. The predicted octanol–water partition coefficient (Wildman–Crippen LogP) is 4.44. The Morgan fingerprint density at radius 1 is 1.21 bits per heavy atom. The van der Waals surface area contributed by atoms with Crippen molar-refractivity contribution in [3.8, 4) is 0 Å². The predicted molar refractivity (Wildman–Crippen MR) is 114 cm³/mol. The number of likely N-dealkylation sites (tertiary alicyclic amines) is 2. The van der Waals surface area contributed by atoms with Crippen LogP contribution in [0.5, 0.6) is 0 Å². The molecular weight excluding hydrogens is 362 g/mol. The van der Waals surface area contributed by atoms with Crippen molar-refractivity contribution >= 4 is 5.91 Å². The zero-order chi connectivity index (χ0) is 20.6. The van der Waals surface area contributed by atoms with Gasteiger partial charge in [0.25, 0.3) is 0 Å². The van der Waals surface area contributed by atoms with Gasteiger partial charge in [-0.25, -0.2) is 0 Å². The molecule has 1 aromatic heterocycles. The van der Waals surface area contributed by atoms with Crippen molar-refractivity contribution in [1.82, 2.24) is 15.0 Å². The minimum atomic E-state index is -0.00464. The molecule has 29 heavy (non-hydrogen) atoms. The second kappa shape index (κ2) is 7.94. The van der Waals surface area contributed by atoms with Crippen LogP contribution in [0, 0.1) is 13.8 Å². The van der Waals surface area contributed by atoms with E-state index in [0.29, 0.717) is 6.42 Å². The third-order valence-corrected chi connectivity index (χ3v) is 7.32. The molecule has 0 unspecified atom stereocenters. The summed E-state index contributed by atoms with van der Waals surface area (Å²) in [6.07, 6.45) is 6.06. The first-order valence-corrected chi connectivity index (χ1v) is 10.9. The lowest BCUT2D eigenvalue weighted by molar-refractivity contribution is -0.135. The topological polar surface area (TPSA) is 49.6 Å².